The SMILES string of the molecule is COc1cc(-c2nc3sc(C)c(C)c3c(=O)[nH]2)c(Br)c(Br)c1O. The Kier molecular flexibility index (Phi) is 4.24. The molecule has 8 heteroatoms. The number of aromatic hydroxyl groups is 1. The number of nitrogens with one attached hydrogen (secondary N) is 1. The van der Waals surface area contributed by atoms with Gasteiger partial charge in [-0.3, -0.25) is 4.79 Å². The minimum absolute atomic E-state index is 0.0191. The first-order valence-corrected chi connectivity index (χ1v) is 9.00. The van der Waals surface area contributed by atoms with E-state index in [4.69, 9.17) is 4.74 Å². The number of thiophene rings is 1. The van der Waals surface area contributed by atoms with Crippen molar-refractivity contribution in [3.8, 4) is 22.9 Å². The number of fused-ring (bicyclic) bond motifs is 1. The molecule has 120 valence electrons. The lowest BCUT2D eigenvalue weighted by molar-refractivity contribution is 0.372. The monoisotopic (exact) mass is 458 g/mol. The maximum absolute atomic E-state index is 12.4. The van der Waals surface area contributed by atoms with Crippen LogP contribution in [0.25, 0.3) is 21.6 Å². The number of methoxy groups -OCH3 is 1. The number of phenolic OH excluding ortho intramolecular Hbond substituents is 1. The van der Waals surface area contributed by atoms with E-state index in [2.05, 4.69) is 41.8 Å². The van der Waals surface area contributed by atoms with Crippen LogP contribution in [0.3, 0.4) is 0 Å². The van der Waals surface area contributed by atoms with Crippen molar-refractivity contribution in [2.24, 2.45) is 0 Å². The Bertz CT molecular complexity index is 995. The van der Waals surface area contributed by atoms with Gasteiger partial charge < -0.3 is 14.8 Å². The second-order valence-electron chi connectivity index (χ2n) is 4.98. The van der Waals surface area contributed by atoms with Gasteiger partial charge in [-0.05, 0) is 57.3 Å². The summed E-state index contributed by atoms with van der Waals surface area (Å²) in [6, 6.07) is 1.63. The summed E-state index contributed by atoms with van der Waals surface area (Å²) in [7, 11) is 1.46. The van der Waals surface area contributed by atoms with Crippen molar-refractivity contribution < 1.29 is 9.84 Å². The van der Waals surface area contributed by atoms with Crippen LogP contribution >= 0.6 is 43.2 Å². The fraction of sp³-hybridized carbons (Fsp3) is 0.200. The Labute approximate surface area is 152 Å². The molecule has 3 rings (SSSR count). The van der Waals surface area contributed by atoms with E-state index in [1.54, 1.807) is 6.07 Å². The Morgan fingerprint density at radius 1 is 1.30 bits per heavy atom. The van der Waals surface area contributed by atoms with Crippen LogP contribution in [0.15, 0.2) is 19.8 Å². The van der Waals surface area contributed by atoms with E-state index in [1.165, 1.54) is 18.4 Å². The third-order valence-corrected chi connectivity index (χ3v) is 6.89. The molecular weight excluding hydrogens is 448 g/mol. The van der Waals surface area contributed by atoms with Crippen molar-refractivity contribution in [3.63, 3.8) is 0 Å². The van der Waals surface area contributed by atoms with E-state index in [1.807, 2.05) is 13.8 Å². The highest BCUT2D eigenvalue weighted by Gasteiger charge is 2.19. The van der Waals surface area contributed by atoms with Gasteiger partial charge in [-0.25, -0.2) is 4.98 Å². The fourth-order valence-electron chi connectivity index (χ4n) is 2.30. The van der Waals surface area contributed by atoms with Gasteiger partial charge in [-0.2, -0.15) is 0 Å². The molecule has 0 aliphatic rings. The van der Waals surface area contributed by atoms with Crippen LogP contribution in [0.2, 0.25) is 0 Å². The zero-order valence-electron chi connectivity index (χ0n) is 12.5. The van der Waals surface area contributed by atoms with Gasteiger partial charge in [0.2, 0.25) is 0 Å². The molecule has 0 bridgehead atoms. The molecule has 2 N–H and O–H groups in total. The number of H-pyrrole nitrogens is 1. The number of aryl methyl sites for hydroxylation is 2. The highest BCUT2D eigenvalue weighted by Crippen LogP contribution is 2.44. The smallest absolute Gasteiger partial charge is 0.260 e. The van der Waals surface area contributed by atoms with Crippen LogP contribution in [0.5, 0.6) is 11.5 Å². The molecule has 2 aromatic heterocycles. The Hall–Kier alpha value is -1.38. The summed E-state index contributed by atoms with van der Waals surface area (Å²) in [6.45, 7) is 3.89. The van der Waals surface area contributed by atoms with E-state index >= 15 is 0 Å². The molecule has 0 aliphatic heterocycles. The lowest BCUT2D eigenvalue weighted by atomic mass is 10.1. The first-order valence-electron chi connectivity index (χ1n) is 6.60. The topological polar surface area (TPSA) is 75.2 Å². The number of aromatic amines is 1. The Morgan fingerprint density at radius 2 is 2.00 bits per heavy atom. The number of rotatable bonds is 2. The molecular formula is C15H12Br2N2O3S. The average molecular weight is 460 g/mol. The molecule has 0 atom stereocenters. The molecule has 0 spiro atoms. The predicted octanol–water partition coefficient (Wildman–Crippen LogP) is 4.51. The molecule has 23 heavy (non-hydrogen) atoms. The third-order valence-electron chi connectivity index (χ3n) is 3.66. The summed E-state index contributed by atoms with van der Waals surface area (Å²) in [4.78, 5) is 21.6. The van der Waals surface area contributed by atoms with Crippen molar-refractivity contribution in [2.45, 2.75) is 13.8 Å². The van der Waals surface area contributed by atoms with Crippen molar-refractivity contribution in [1.29, 1.82) is 0 Å². The standard InChI is InChI=1S/C15H12Br2N2O3S/c1-5-6(2)23-15-9(5)14(21)18-13(19-15)7-4-8(22-3)12(20)11(17)10(7)16/h4,20H,1-3H3,(H,18,19,21). The molecule has 0 amide bonds. The lowest BCUT2D eigenvalue weighted by Gasteiger charge is -2.11. The average Bonchev–Trinajstić information content (AvgIpc) is 2.80. The molecule has 0 fully saturated rings. The summed E-state index contributed by atoms with van der Waals surface area (Å²) in [5.41, 5.74) is 1.39. The maximum atomic E-state index is 12.4. The number of halogens is 2. The van der Waals surface area contributed by atoms with E-state index in [9.17, 15) is 9.90 Å². The molecule has 0 saturated heterocycles. The highest BCUT2D eigenvalue weighted by atomic mass is 79.9. The molecule has 2 heterocycles. The van der Waals surface area contributed by atoms with E-state index in [0.717, 1.165) is 10.4 Å². The number of ether oxygens (including phenoxy) is 1. The summed E-state index contributed by atoms with van der Waals surface area (Å²) in [5.74, 6) is 0.681. The molecule has 0 saturated carbocycles. The molecule has 0 unspecified atom stereocenters. The van der Waals surface area contributed by atoms with Gasteiger partial charge in [0.25, 0.3) is 5.56 Å². The quantitative estimate of drug-likeness (QED) is 0.591. The van der Waals surface area contributed by atoms with Crippen LogP contribution in [0.4, 0.5) is 0 Å². The summed E-state index contributed by atoms with van der Waals surface area (Å²) in [5, 5.41) is 10.6. The first kappa shape index (κ1) is 16.5. The minimum Gasteiger partial charge on any atom is -0.503 e. The summed E-state index contributed by atoms with van der Waals surface area (Å²) in [6.07, 6.45) is 0. The highest BCUT2D eigenvalue weighted by molar-refractivity contribution is 9.13. The number of aromatic nitrogens is 2. The number of hydrogen-bond donors (Lipinski definition) is 2. The zero-order chi connectivity index (χ0) is 16.9. The zero-order valence-corrected chi connectivity index (χ0v) is 16.4. The van der Waals surface area contributed by atoms with Crippen molar-refractivity contribution in [2.75, 3.05) is 7.11 Å². The molecule has 3 aromatic rings. The fourth-order valence-corrected chi connectivity index (χ4v) is 4.23. The van der Waals surface area contributed by atoms with Gasteiger partial charge in [0.05, 0.1) is 17.0 Å². The number of phenols is 1. The van der Waals surface area contributed by atoms with E-state index in [-0.39, 0.29) is 17.1 Å². The number of nitrogens with zero attached hydrogens (tertiary/aromatic N) is 1. The van der Waals surface area contributed by atoms with Crippen molar-refractivity contribution >= 4 is 53.4 Å². The normalized spacial score (nSPS) is 11.2. The lowest BCUT2D eigenvalue weighted by Crippen LogP contribution is -2.09. The van der Waals surface area contributed by atoms with Crippen molar-refractivity contribution in [3.05, 3.63) is 35.8 Å². The molecule has 5 nitrogen and oxygen atoms in total. The minimum atomic E-state index is -0.179. The van der Waals surface area contributed by atoms with E-state index < -0.39 is 0 Å². The largest absolute Gasteiger partial charge is 0.503 e. The third kappa shape index (κ3) is 2.58. The van der Waals surface area contributed by atoms with Gasteiger partial charge in [0, 0.05) is 14.9 Å². The van der Waals surface area contributed by atoms with Crippen LogP contribution in [-0.2, 0) is 0 Å². The number of benzene rings is 1. The number of hydrogen-bond acceptors (Lipinski definition) is 5. The predicted molar refractivity (Wildman–Crippen MR) is 98.8 cm³/mol. The summed E-state index contributed by atoms with van der Waals surface area (Å²) >= 11 is 8.21. The second-order valence-corrected chi connectivity index (χ2v) is 7.77. The van der Waals surface area contributed by atoms with Crippen molar-refractivity contribution in [1.82, 2.24) is 9.97 Å². The van der Waals surface area contributed by atoms with Gasteiger partial charge >= 0.3 is 0 Å². The van der Waals surface area contributed by atoms with Gasteiger partial charge in [-0.1, -0.05) is 0 Å². The maximum Gasteiger partial charge on any atom is 0.260 e. The van der Waals surface area contributed by atoms with Gasteiger partial charge in [-0.15, -0.1) is 11.3 Å². The van der Waals surface area contributed by atoms with Gasteiger partial charge in [0.15, 0.2) is 11.5 Å². The summed E-state index contributed by atoms with van der Waals surface area (Å²) < 4.78 is 6.19. The van der Waals surface area contributed by atoms with Crippen LogP contribution in [0, 0.1) is 13.8 Å². The van der Waals surface area contributed by atoms with Crippen LogP contribution in [0.1, 0.15) is 10.4 Å². The molecule has 0 radical (unpaired) electrons. The Balaban J connectivity index is 2.33. The molecule has 1 aromatic carbocycles. The van der Waals surface area contributed by atoms with Crippen LogP contribution < -0.4 is 10.3 Å². The first-order chi connectivity index (χ1) is 10.8. The van der Waals surface area contributed by atoms with Gasteiger partial charge in [0.1, 0.15) is 10.7 Å². The second kappa shape index (κ2) is 5.92. The molecule has 0 aliphatic carbocycles. The van der Waals surface area contributed by atoms with E-state index in [0.29, 0.717) is 30.5 Å². The Morgan fingerprint density at radius 3 is 2.65 bits per heavy atom. The van der Waals surface area contributed by atoms with Crippen LogP contribution in [-0.4, -0.2) is 22.2 Å².